The predicted octanol–water partition coefficient (Wildman–Crippen LogP) is 2.83. The van der Waals surface area contributed by atoms with Crippen molar-refractivity contribution in [2.24, 2.45) is 11.8 Å². The maximum atomic E-state index is 12.0. The van der Waals surface area contributed by atoms with E-state index >= 15 is 0 Å². The van der Waals surface area contributed by atoms with E-state index in [0.717, 1.165) is 17.4 Å². The lowest BCUT2D eigenvalue weighted by molar-refractivity contribution is -0.120. The van der Waals surface area contributed by atoms with Crippen LogP contribution in [0.5, 0.6) is 0 Å². The topological polar surface area (TPSA) is 68.0 Å². The number of aromatic nitrogens is 2. The smallest absolute Gasteiger partial charge is 0.230 e. The summed E-state index contributed by atoms with van der Waals surface area (Å²) in [6.07, 6.45) is 5.29. The maximum Gasteiger partial charge on any atom is 0.230 e. The van der Waals surface area contributed by atoms with E-state index in [-0.39, 0.29) is 12.3 Å². The van der Waals surface area contributed by atoms with Crippen molar-refractivity contribution in [1.29, 1.82) is 0 Å². The Labute approximate surface area is 135 Å². The number of carbonyl (C=O) groups is 1. The van der Waals surface area contributed by atoms with Gasteiger partial charge in [-0.15, -0.1) is 0 Å². The Hall–Kier alpha value is -2.17. The van der Waals surface area contributed by atoms with Crippen molar-refractivity contribution < 1.29 is 9.32 Å². The van der Waals surface area contributed by atoms with Crippen LogP contribution >= 0.6 is 0 Å². The van der Waals surface area contributed by atoms with Crippen LogP contribution in [-0.4, -0.2) is 16.0 Å². The summed E-state index contributed by atoms with van der Waals surface area (Å²) in [5.74, 6) is 3.13. The fraction of sp³-hybridized carbons (Fsp3) is 0.500. The van der Waals surface area contributed by atoms with Gasteiger partial charge in [0.25, 0.3) is 0 Å². The van der Waals surface area contributed by atoms with Gasteiger partial charge in [-0.2, -0.15) is 4.98 Å². The Morgan fingerprint density at radius 2 is 2.09 bits per heavy atom. The average Bonchev–Trinajstić information content (AvgIpc) is 3.30. The second-order valence-electron chi connectivity index (χ2n) is 6.77. The second-order valence-corrected chi connectivity index (χ2v) is 6.77. The molecule has 2 fully saturated rings. The van der Waals surface area contributed by atoms with Crippen molar-refractivity contribution in [1.82, 2.24) is 15.5 Å². The first-order chi connectivity index (χ1) is 11.3. The van der Waals surface area contributed by atoms with Crippen LogP contribution in [0.1, 0.15) is 48.9 Å². The normalized spacial score (nSPS) is 25.7. The van der Waals surface area contributed by atoms with Gasteiger partial charge in [-0.3, -0.25) is 4.79 Å². The lowest BCUT2D eigenvalue weighted by Crippen LogP contribution is -2.25. The molecule has 23 heavy (non-hydrogen) atoms. The average molecular weight is 311 g/mol. The molecule has 5 heteroatoms. The Morgan fingerprint density at radius 3 is 2.83 bits per heavy atom. The van der Waals surface area contributed by atoms with Gasteiger partial charge in [-0.05, 0) is 36.7 Å². The lowest BCUT2D eigenvalue weighted by atomic mass is 9.89. The first kappa shape index (κ1) is 14.4. The number of hydrogen-bond acceptors (Lipinski definition) is 4. The minimum atomic E-state index is -0.0749. The molecule has 120 valence electrons. The number of fused-ring (bicyclic) bond motifs is 2. The summed E-state index contributed by atoms with van der Waals surface area (Å²) >= 11 is 0. The van der Waals surface area contributed by atoms with Crippen molar-refractivity contribution in [2.45, 2.75) is 44.6 Å². The largest absolute Gasteiger partial charge is 0.352 e. The van der Waals surface area contributed by atoms with Crippen LogP contribution in [0.4, 0.5) is 0 Å². The van der Waals surface area contributed by atoms with Crippen LogP contribution in [0.2, 0.25) is 0 Å². The molecule has 0 radical (unpaired) electrons. The Kier molecular flexibility index (Phi) is 3.85. The van der Waals surface area contributed by atoms with Crippen LogP contribution in [0, 0.1) is 11.8 Å². The molecule has 2 aliphatic carbocycles. The molecule has 3 atom stereocenters. The number of hydrogen-bond donors (Lipinski definition) is 1. The zero-order valence-corrected chi connectivity index (χ0v) is 13.1. The van der Waals surface area contributed by atoms with Crippen LogP contribution in [0.15, 0.2) is 34.9 Å². The minimum Gasteiger partial charge on any atom is -0.352 e. The molecule has 1 aromatic carbocycles. The summed E-state index contributed by atoms with van der Waals surface area (Å²) < 4.78 is 5.42. The van der Waals surface area contributed by atoms with Crippen LogP contribution < -0.4 is 5.32 Å². The third kappa shape index (κ3) is 3.14. The molecule has 2 aliphatic rings. The molecule has 5 nitrogen and oxygen atoms in total. The molecule has 2 bridgehead atoms. The third-order valence-electron chi connectivity index (χ3n) is 5.19. The van der Waals surface area contributed by atoms with Crippen LogP contribution in [0.3, 0.4) is 0 Å². The van der Waals surface area contributed by atoms with Crippen molar-refractivity contribution in [3.05, 3.63) is 47.6 Å². The summed E-state index contributed by atoms with van der Waals surface area (Å²) in [6, 6.07) is 9.86. The van der Waals surface area contributed by atoms with Gasteiger partial charge in [-0.1, -0.05) is 41.9 Å². The lowest BCUT2D eigenvalue weighted by Gasteiger charge is -2.16. The van der Waals surface area contributed by atoms with Crippen LogP contribution in [0.25, 0.3) is 0 Å². The molecule has 0 aliphatic heterocycles. The number of benzene rings is 1. The third-order valence-corrected chi connectivity index (χ3v) is 5.19. The monoisotopic (exact) mass is 311 g/mol. The standard InChI is InChI=1S/C18H21N3O2/c22-17(19-11-12-4-2-1-3-5-12)10-16-20-18(23-21-16)15-9-13-6-7-14(15)8-13/h1-5,13-15H,6-11H2,(H,19,22)/t13-,14-,15+/m0/s1. The molecule has 1 heterocycles. The fourth-order valence-corrected chi connectivity index (χ4v) is 4.04. The van der Waals surface area contributed by atoms with Gasteiger partial charge in [0.05, 0.1) is 6.42 Å². The molecule has 0 unspecified atom stereocenters. The Bertz CT molecular complexity index is 683. The first-order valence-electron chi connectivity index (χ1n) is 8.41. The molecule has 1 amide bonds. The van der Waals surface area contributed by atoms with E-state index < -0.39 is 0 Å². The summed E-state index contributed by atoms with van der Waals surface area (Å²) in [7, 11) is 0. The zero-order chi connectivity index (χ0) is 15.6. The molecule has 2 aromatic rings. The number of carbonyl (C=O) groups excluding carboxylic acids is 1. The van der Waals surface area contributed by atoms with E-state index in [9.17, 15) is 4.79 Å². The number of nitrogens with one attached hydrogen (secondary N) is 1. The highest BCUT2D eigenvalue weighted by Crippen LogP contribution is 2.52. The summed E-state index contributed by atoms with van der Waals surface area (Å²) in [6.45, 7) is 0.525. The number of nitrogens with zero attached hydrogens (tertiary/aromatic N) is 2. The van der Waals surface area contributed by atoms with E-state index in [2.05, 4.69) is 15.5 Å². The second kappa shape index (κ2) is 6.14. The van der Waals surface area contributed by atoms with Gasteiger partial charge in [-0.25, -0.2) is 0 Å². The predicted molar refractivity (Wildman–Crippen MR) is 84.5 cm³/mol. The fourth-order valence-electron chi connectivity index (χ4n) is 4.04. The molecule has 2 saturated carbocycles. The number of amides is 1. The zero-order valence-electron chi connectivity index (χ0n) is 13.1. The van der Waals surface area contributed by atoms with Crippen molar-refractivity contribution >= 4 is 5.91 Å². The van der Waals surface area contributed by atoms with Crippen molar-refractivity contribution in [3.63, 3.8) is 0 Å². The molecular weight excluding hydrogens is 290 g/mol. The SMILES string of the molecule is O=C(Cc1noc([C@@H]2C[C@H]3CC[C@H]2C3)n1)NCc1ccccc1. The molecule has 0 spiro atoms. The van der Waals surface area contributed by atoms with Gasteiger partial charge in [0, 0.05) is 12.5 Å². The van der Waals surface area contributed by atoms with Crippen molar-refractivity contribution in [2.75, 3.05) is 0 Å². The van der Waals surface area contributed by atoms with E-state index in [1.807, 2.05) is 30.3 Å². The van der Waals surface area contributed by atoms with Crippen molar-refractivity contribution in [3.8, 4) is 0 Å². The number of rotatable bonds is 5. The molecule has 4 rings (SSSR count). The van der Waals surface area contributed by atoms with E-state index in [4.69, 9.17) is 4.52 Å². The van der Waals surface area contributed by atoms with Gasteiger partial charge in [0.1, 0.15) is 0 Å². The molecule has 1 aromatic heterocycles. The summed E-state index contributed by atoms with van der Waals surface area (Å²) in [5.41, 5.74) is 1.08. The highest BCUT2D eigenvalue weighted by Gasteiger charge is 2.42. The van der Waals surface area contributed by atoms with E-state index in [1.54, 1.807) is 0 Å². The quantitative estimate of drug-likeness (QED) is 0.922. The van der Waals surface area contributed by atoms with E-state index in [1.165, 1.54) is 25.7 Å². The molecule has 1 N–H and O–H groups in total. The Balaban J connectivity index is 1.32. The molecular formula is C18H21N3O2. The van der Waals surface area contributed by atoms with Gasteiger partial charge < -0.3 is 9.84 Å². The minimum absolute atomic E-state index is 0.0749. The highest BCUT2D eigenvalue weighted by molar-refractivity contribution is 5.77. The summed E-state index contributed by atoms with van der Waals surface area (Å²) in [5, 5.41) is 6.89. The van der Waals surface area contributed by atoms with Crippen LogP contribution in [-0.2, 0) is 17.8 Å². The maximum absolute atomic E-state index is 12.0. The first-order valence-corrected chi connectivity index (χ1v) is 8.41. The van der Waals surface area contributed by atoms with Gasteiger partial charge in [0.15, 0.2) is 5.82 Å². The Morgan fingerprint density at radius 1 is 1.22 bits per heavy atom. The van der Waals surface area contributed by atoms with Gasteiger partial charge >= 0.3 is 0 Å². The van der Waals surface area contributed by atoms with E-state index in [0.29, 0.717) is 24.2 Å². The molecule has 0 saturated heterocycles. The highest BCUT2D eigenvalue weighted by atomic mass is 16.5. The summed E-state index contributed by atoms with van der Waals surface area (Å²) in [4.78, 5) is 16.5. The van der Waals surface area contributed by atoms with Gasteiger partial charge in [0.2, 0.25) is 11.8 Å².